The Morgan fingerprint density at radius 3 is 2.50 bits per heavy atom. The summed E-state index contributed by atoms with van der Waals surface area (Å²) in [6.45, 7) is 0. The van der Waals surface area contributed by atoms with E-state index in [1.807, 2.05) is 0 Å². The van der Waals surface area contributed by atoms with Gasteiger partial charge in [0.1, 0.15) is 5.69 Å². The minimum atomic E-state index is -1.07. The molecule has 0 spiro atoms. The summed E-state index contributed by atoms with van der Waals surface area (Å²) in [5.41, 5.74) is 6.72. The van der Waals surface area contributed by atoms with Gasteiger partial charge in [0.15, 0.2) is 0 Å². The van der Waals surface area contributed by atoms with Crippen LogP contribution in [0.4, 0.5) is 5.95 Å². The third kappa shape index (κ3) is 1.95. The van der Waals surface area contributed by atoms with Crippen molar-refractivity contribution in [1.29, 1.82) is 0 Å². The molecule has 3 N–H and O–H groups in total. The number of carbonyl (C=O) groups is 1. The van der Waals surface area contributed by atoms with E-state index in [1.165, 1.54) is 24.7 Å². The van der Waals surface area contributed by atoms with Crippen molar-refractivity contribution in [3.8, 4) is 11.1 Å². The first-order valence-corrected chi connectivity index (χ1v) is 4.44. The molecule has 2 aromatic heterocycles. The molecular weight excluding hydrogens is 208 g/mol. The van der Waals surface area contributed by atoms with E-state index in [0.29, 0.717) is 11.1 Å². The molecule has 0 fully saturated rings. The summed E-state index contributed by atoms with van der Waals surface area (Å²) in [5, 5.41) is 8.79. The van der Waals surface area contributed by atoms with Gasteiger partial charge in [0.25, 0.3) is 0 Å². The van der Waals surface area contributed by atoms with Gasteiger partial charge in [0, 0.05) is 24.2 Å². The van der Waals surface area contributed by atoms with Gasteiger partial charge in [-0.1, -0.05) is 0 Å². The maximum Gasteiger partial charge on any atom is 0.354 e. The minimum Gasteiger partial charge on any atom is -0.477 e. The molecular formula is C10H8N4O2. The number of hydrogen-bond acceptors (Lipinski definition) is 5. The van der Waals surface area contributed by atoms with Crippen molar-refractivity contribution in [2.75, 3.05) is 5.73 Å². The van der Waals surface area contributed by atoms with Crippen LogP contribution < -0.4 is 5.73 Å². The van der Waals surface area contributed by atoms with Crippen molar-refractivity contribution in [3.05, 3.63) is 36.4 Å². The van der Waals surface area contributed by atoms with Gasteiger partial charge >= 0.3 is 5.97 Å². The Hall–Kier alpha value is -2.50. The normalized spacial score (nSPS) is 10.0. The lowest BCUT2D eigenvalue weighted by Gasteiger charge is -2.01. The SMILES string of the molecule is Nc1ncc(-c2ccnc(C(=O)O)c2)cn1. The second kappa shape index (κ2) is 3.93. The molecule has 0 radical (unpaired) electrons. The molecule has 2 heterocycles. The van der Waals surface area contributed by atoms with Crippen molar-refractivity contribution in [3.63, 3.8) is 0 Å². The van der Waals surface area contributed by atoms with Crippen LogP contribution in [0.3, 0.4) is 0 Å². The molecule has 0 saturated carbocycles. The lowest BCUT2D eigenvalue weighted by Crippen LogP contribution is -2.00. The molecule has 80 valence electrons. The van der Waals surface area contributed by atoms with E-state index in [9.17, 15) is 4.79 Å². The summed E-state index contributed by atoms with van der Waals surface area (Å²) in [6, 6.07) is 3.14. The molecule has 0 aliphatic rings. The van der Waals surface area contributed by atoms with Crippen LogP contribution in [-0.4, -0.2) is 26.0 Å². The smallest absolute Gasteiger partial charge is 0.354 e. The van der Waals surface area contributed by atoms with Crippen LogP contribution in [0.1, 0.15) is 10.5 Å². The number of aromatic carboxylic acids is 1. The summed E-state index contributed by atoms with van der Waals surface area (Å²) in [7, 11) is 0. The Balaban J connectivity index is 2.44. The van der Waals surface area contributed by atoms with Crippen LogP contribution in [0.25, 0.3) is 11.1 Å². The standard InChI is InChI=1S/C10H8N4O2/c11-10-13-4-7(5-14-10)6-1-2-12-8(3-6)9(15)16/h1-5H,(H,15,16)(H2,11,13,14). The predicted molar refractivity (Wildman–Crippen MR) is 56.6 cm³/mol. The molecule has 16 heavy (non-hydrogen) atoms. The number of rotatable bonds is 2. The predicted octanol–water partition coefficient (Wildman–Crippen LogP) is 0.819. The van der Waals surface area contributed by atoms with E-state index in [2.05, 4.69) is 15.0 Å². The van der Waals surface area contributed by atoms with E-state index >= 15 is 0 Å². The molecule has 0 aromatic carbocycles. The Morgan fingerprint density at radius 2 is 1.88 bits per heavy atom. The zero-order valence-corrected chi connectivity index (χ0v) is 8.16. The minimum absolute atomic E-state index is 0.0191. The van der Waals surface area contributed by atoms with Crippen LogP contribution in [0.5, 0.6) is 0 Å². The first-order valence-electron chi connectivity index (χ1n) is 4.44. The Kier molecular flexibility index (Phi) is 2.47. The average Bonchev–Trinajstić information content (AvgIpc) is 2.30. The topological polar surface area (TPSA) is 102 Å². The van der Waals surface area contributed by atoms with Crippen molar-refractivity contribution < 1.29 is 9.90 Å². The second-order valence-electron chi connectivity index (χ2n) is 3.06. The third-order valence-corrected chi connectivity index (χ3v) is 1.98. The van der Waals surface area contributed by atoms with E-state index < -0.39 is 5.97 Å². The quantitative estimate of drug-likeness (QED) is 0.770. The molecule has 6 nitrogen and oxygen atoms in total. The highest BCUT2D eigenvalue weighted by Crippen LogP contribution is 2.17. The molecule has 6 heteroatoms. The Morgan fingerprint density at radius 1 is 1.19 bits per heavy atom. The van der Waals surface area contributed by atoms with E-state index in [0.717, 1.165) is 0 Å². The van der Waals surface area contributed by atoms with Gasteiger partial charge in [-0.3, -0.25) is 0 Å². The summed E-state index contributed by atoms with van der Waals surface area (Å²) < 4.78 is 0. The zero-order chi connectivity index (χ0) is 11.5. The monoisotopic (exact) mass is 216 g/mol. The fourth-order valence-corrected chi connectivity index (χ4v) is 1.21. The van der Waals surface area contributed by atoms with Crippen LogP contribution >= 0.6 is 0 Å². The molecule has 0 saturated heterocycles. The van der Waals surface area contributed by atoms with E-state index in [-0.39, 0.29) is 11.6 Å². The number of anilines is 1. The fraction of sp³-hybridized carbons (Fsp3) is 0. The molecule has 2 rings (SSSR count). The number of nitrogens with two attached hydrogens (primary N) is 1. The number of nitrogen functional groups attached to an aromatic ring is 1. The number of aromatic nitrogens is 3. The average molecular weight is 216 g/mol. The number of carboxylic acids is 1. The van der Waals surface area contributed by atoms with Crippen molar-refractivity contribution in [2.24, 2.45) is 0 Å². The summed E-state index contributed by atoms with van der Waals surface area (Å²) in [5.74, 6) is -0.894. The second-order valence-corrected chi connectivity index (χ2v) is 3.06. The van der Waals surface area contributed by atoms with Crippen LogP contribution in [0, 0.1) is 0 Å². The highest BCUT2D eigenvalue weighted by Gasteiger charge is 2.06. The van der Waals surface area contributed by atoms with Crippen LogP contribution in [0.15, 0.2) is 30.7 Å². The summed E-state index contributed by atoms with van der Waals surface area (Å²) in [6.07, 6.45) is 4.49. The molecule has 0 aliphatic heterocycles. The maximum atomic E-state index is 10.7. The van der Waals surface area contributed by atoms with Gasteiger partial charge < -0.3 is 10.8 Å². The van der Waals surface area contributed by atoms with Gasteiger partial charge in [-0.2, -0.15) is 0 Å². The van der Waals surface area contributed by atoms with Crippen molar-refractivity contribution >= 4 is 11.9 Å². The Labute approximate surface area is 90.8 Å². The van der Waals surface area contributed by atoms with E-state index in [4.69, 9.17) is 10.8 Å². The van der Waals surface area contributed by atoms with Gasteiger partial charge in [-0.15, -0.1) is 0 Å². The van der Waals surface area contributed by atoms with E-state index in [1.54, 1.807) is 6.07 Å². The molecule has 2 aromatic rings. The maximum absolute atomic E-state index is 10.7. The van der Waals surface area contributed by atoms with Gasteiger partial charge in [-0.25, -0.2) is 19.7 Å². The zero-order valence-electron chi connectivity index (χ0n) is 8.16. The molecule has 0 bridgehead atoms. The fourth-order valence-electron chi connectivity index (χ4n) is 1.21. The first-order chi connectivity index (χ1) is 7.66. The lowest BCUT2D eigenvalue weighted by molar-refractivity contribution is 0.0690. The van der Waals surface area contributed by atoms with Crippen molar-refractivity contribution in [2.45, 2.75) is 0 Å². The largest absolute Gasteiger partial charge is 0.477 e. The molecule has 0 aliphatic carbocycles. The van der Waals surface area contributed by atoms with Gasteiger partial charge in [0.2, 0.25) is 5.95 Å². The number of hydrogen-bond donors (Lipinski definition) is 2. The highest BCUT2D eigenvalue weighted by atomic mass is 16.4. The van der Waals surface area contributed by atoms with Gasteiger partial charge in [0.05, 0.1) is 0 Å². The third-order valence-electron chi connectivity index (χ3n) is 1.98. The number of pyridine rings is 1. The molecule has 0 atom stereocenters. The van der Waals surface area contributed by atoms with Crippen LogP contribution in [-0.2, 0) is 0 Å². The van der Waals surface area contributed by atoms with Crippen LogP contribution in [0.2, 0.25) is 0 Å². The Bertz CT molecular complexity index is 525. The number of nitrogens with zero attached hydrogens (tertiary/aromatic N) is 3. The lowest BCUT2D eigenvalue weighted by atomic mass is 10.1. The van der Waals surface area contributed by atoms with Gasteiger partial charge in [-0.05, 0) is 17.7 Å². The summed E-state index contributed by atoms with van der Waals surface area (Å²) >= 11 is 0. The molecule has 0 unspecified atom stereocenters. The molecule has 0 amide bonds. The summed E-state index contributed by atoms with van der Waals surface area (Å²) in [4.78, 5) is 22.1. The van der Waals surface area contributed by atoms with Crippen molar-refractivity contribution in [1.82, 2.24) is 15.0 Å². The number of carboxylic acid groups (broad SMARTS) is 1. The first kappa shape index (κ1) is 10.0. The highest BCUT2D eigenvalue weighted by molar-refractivity contribution is 5.87.